The molecule has 1 atom stereocenters. The molecule has 1 amide bonds. The average Bonchev–Trinajstić information content (AvgIpc) is 2.92. The van der Waals surface area contributed by atoms with Crippen molar-refractivity contribution in [3.05, 3.63) is 0 Å². The molecule has 1 saturated carbocycles. The van der Waals surface area contributed by atoms with Gasteiger partial charge in [-0.2, -0.15) is 0 Å². The normalized spacial score (nSPS) is 29.6. The summed E-state index contributed by atoms with van der Waals surface area (Å²) in [7, 11) is 0. The molecule has 0 aromatic carbocycles. The fraction of sp³-hybridized carbons (Fsp3) is 0.944. The molecular weight excluding hydrogens is 276 g/mol. The van der Waals surface area contributed by atoms with Gasteiger partial charge in [0.15, 0.2) is 0 Å². The van der Waals surface area contributed by atoms with Gasteiger partial charge < -0.3 is 15.0 Å². The fourth-order valence-corrected chi connectivity index (χ4v) is 3.69. The van der Waals surface area contributed by atoms with E-state index in [-0.39, 0.29) is 6.09 Å². The van der Waals surface area contributed by atoms with Crippen molar-refractivity contribution < 1.29 is 9.53 Å². The maximum Gasteiger partial charge on any atom is 0.410 e. The van der Waals surface area contributed by atoms with Crippen LogP contribution in [0.5, 0.6) is 0 Å². The van der Waals surface area contributed by atoms with Gasteiger partial charge in [0.05, 0.1) is 0 Å². The third-order valence-electron chi connectivity index (χ3n) is 5.07. The van der Waals surface area contributed by atoms with Crippen molar-refractivity contribution in [3.63, 3.8) is 0 Å². The second-order valence-electron chi connectivity index (χ2n) is 8.00. The smallest absolute Gasteiger partial charge is 0.410 e. The van der Waals surface area contributed by atoms with Gasteiger partial charge in [-0.3, -0.25) is 0 Å². The summed E-state index contributed by atoms with van der Waals surface area (Å²) in [5.41, 5.74) is -0.407. The lowest BCUT2D eigenvalue weighted by Gasteiger charge is -2.32. The summed E-state index contributed by atoms with van der Waals surface area (Å²) in [6, 6.07) is 0.947. The number of amides is 1. The van der Waals surface area contributed by atoms with Crippen LogP contribution in [0.1, 0.15) is 72.6 Å². The molecule has 1 unspecified atom stereocenters. The highest BCUT2D eigenvalue weighted by Crippen LogP contribution is 2.27. The molecule has 4 heteroatoms. The van der Waals surface area contributed by atoms with E-state index >= 15 is 0 Å². The number of carbonyl (C=O) groups excluding carboxylic acids is 1. The predicted octanol–water partition coefficient (Wildman–Crippen LogP) is 3.94. The summed E-state index contributed by atoms with van der Waals surface area (Å²) < 4.78 is 5.53. The third kappa shape index (κ3) is 5.15. The number of rotatable bonds is 4. The number of hydrogen-bond donors (Lipinski definition) is 1. The van der Waals surface area contributed by atoms with Gasteiger partial charge in [-0.05, 0) is 65.2 Å². The standard InChI is InChI=1S/C18H34N2O2/c1-5-14-8-10-15(11-9-14)19-13-16-7-6-12-20(16)17(21)22-18(2,3)4/h14-16,19H,5-13H2,1-4H3. The molecule has 2 aliphatic rings. The minimum Gasteiger partial charge on any atom is -0.444 e. The zero-order chi connectivity index (χ0) is 16.2. The van der Waals surface area contributed by atoms with E-state index in [2.05, 4.69) is 12.2 Å². The Kier molecular flexibility index (Phi) is 6.13. The van der Waals surface area contributed by atoms with Crippen LogP contribution in [0, 0.1) is 5.92 Å². The largest absolute Gasteiger partial charge is 0.444 e. The first-order valence-electron chi connectivity index (χ1n) is 9.12. The molecule has 128 valence electrons. The Labute approximate surface area is 136 Å². The van der Waals surface area contributed by atoms with E-state index in [0.29, 0.717) is 12.1 Å². The molecule has 0 aromatic heterocycles. The molecule has 4 nitrogen and oxygen atoms in total. The van der Waals surface area contributed by atoms with Gasteiger partial charge in [0.2, 0.25) is 0 Å². The molecule has 1 aliphatic carbocycles. The Hall–Kier alpha value is -0.770. The number of nitrogens with one attached hydrogen (secondary N) is 1. The molecule has 2 fully saturated rings. The van der Waals surface area contributed by atoms with Crippen LogP contribution in [0.15, 0.2) is 0 Å². The first-order valence-corrected chi connectivity index (χ1v) is 9.12. The average molecular weight is 310 g/mol. The Morgan fingerprint density at radius 3 is 2.45 bits per heavy atom. The van der Waals surface area contributed by atoms with Crippen molar-refractivity contribution in [3.8, 4) is 0 Å². The molecule has 1 aliphatic heterocycles. The van der Waals surface area contributed by atoms with Crippen molar-refractivity contribution in [2.24, 2.45) is 5.92 Å². The second kappa shape index (κ2) is 7.67. The summed E-state index contributed by atoms with van der Waals surface area (Å²) in [5, 5.41) is 3.71. The lowest BCUT2D eigenvalue weighted by atomic mass is 9.84. The SMILES string of the molecule is CCC1CCC(NCC2CCCN2C(=O)OC(C)(C)C)CC1. The zero-order valence-electron chi connectivity index (χ0n) is 14.9. The zero-order valence-corrected chi connectivity index (χ0v) is 14.9. The number of likely N-dealkylation sites (tertiary alicyclic amines) is 1. The molecule has 1 heterocycles. The summed E-state index contributed by atoms with van der Waals surface area (Å²) in [6.07, 6.45) is 8.65. The first-order chi connectivity index (χ1) is 10.4. The summed E-state index contributed by atoms with van der Waals surface area (Å²) in [4.78, 5) is 14.2. The van der Waals surface area contributed by atoms with Gasteiger partial charge in [-0.1, -0.05) is 13.3 Å². The van der Waals surface area contributed by atoms with E-state index in [9.17, 15) is 4.79 Å². The van der Waals surface area contributed by atoms with Gasteiger partial charge >= 0.3 is 6.09 Å². The summed E-state index contributed by atoms with van der Waals surface area (Å²) in [6.45, 7) is 9.85. The molecule has 0 spiro atoms. The van der Waals surface area contributed by atoms with Crippen molar-refractivity contribution in [2.45, 2.75) is 90.3 Å². The van der Waals surface area contributed by atoms with E-state index in [0.717, 1.165) is 31.8 Å². The fourth-order valence-electron chi connectivity index (χ4n) is 3.69. The van der Waals surface area contributed by atoms with Crippen LogP contribution in [-0.2, 0) is 4.74 Å². The Bertz CT molecular complexity index is 357. The van der Waals surface area contributed by atoms with Crippen molar-refractivity contribution in [2.75, 3.05) is 13.1 Å². The Balaban J connectivity index is 1.76. The maximum atomic E-state index is 12.3. The first kappa shape index (κ1) is 17.6. The van der Waals surface area contributed by atoms with Crippen LogP contribution >= 0.6 is 0 Å². The quantitative estimate of drug-likeness (QED) is 0.855. The van der Waals surface area contributed by atoms with Gasteiger partial charge in [-0.25, -0.2) is 4.79 Å². The van der Waals surface area contributed by atoms with E-state index < -0.39 is 5.60 Å². The molecule has 1 N–H and O–H groups in total. The summed E-state index contributed by atoms with van der Waals surface area (Å²) in [5.74, 6) is 0.933. The van der Waals surface area contributed by atoms with Crippen LogP contribution in [-0.4, -0.2) is 41.8 Å². The number of ether oxygens (including phenoxy) is 1. The van der Waals surface area contributed by atoms with Crippen molar-refractivity contribution in [1.29, 1.82) is 0 Å². The van der Waals surface area contributed by atoms with E-state index in [1.54, 1.807) is 0 Å². The molecule has 0 aromatic rings. The highest BCUT2D eigenvalue weighted by atomic mass is 16.6. The second-order valence-corrected chi connectivity index (χ2v) is 8.00. The third-order valence-corrected chi connectivity index (χ3v) is 5.07. The maximum absolute atomic E-state index is 12.3. The minimum absolute atomic E-state index is 0.147. The Morgan fingerprint density at radius 2 is 1.86 bits per heavy atom. The van der Waals surface area contributed by atoms with E-state index in [1.807, 2.05) is 25.7 Å². The monoisotopic (exact) mass is 310 g/mol. The molecule has 1 saturated heterocycles. The van der Waals surface area contributed by atoms with Crippen LogP contribution < -0.4 is 5.32 Å². The highest BCUT2D eigenvalue weighted by Gasteiger charge is 2.32. The Morgan fingerprint density at radius 1 is 1.18 bits per heavy atom. The van der Waals surface area contributed by atoms with Crippen LogP contribution in [0.25, 0.3) is 0 Å². The van der Waals surface area contributed by atoms with E-state index in [1.165, 1.54) is 32.1 Å². The van der Waals surface area contributed by atoms with Gasteiger partial charge in [0, 0.05) is 25.2 Å². The number of hydrogen-bond acceptors (Lipinski definition) is 3. The van der Waals surface area contributed by atoms with Crippen LogP contribution in [0.3, 0.4) is 0 Å². The topological polar surface area (TPSA) is 41.6 Å². The molecular formula is C18H34N2O2. The minimum atomic E-state index is -0.407. The molecule has 0 radical (unpaired) electrons. The van der Waals surface area contributed by atoms with E-state index in [4.69, 9.17) is 4.74 Å². The lowest BCUT2D eigenvalue weighted by molar-refractivity contribution is 0.0223. The van der Waals surface area contributed by atoms with Crippen LogP contribution in [0.4, 0.5) is 4.79 Å². The number of carbonyl (C=O) groups is 1. The van der Waals surface area contributed by atoms with Gasteiger partial charge in [0.1, 0.15) is 5.60 Å². The number of nitrogens with zero attached hydrogens (tertiary/aromatic N) is 1. The predicted molar refractivity (Wildman–Crippen MR) is 90.0 cm³/mol. The summed E-state index contributed by atoms with van der Waals surface area (Å²) >= 11 is 0. The van der Waals surface area contributed by atoms with Crippen molar-refractivity contribution in [1.82, 2.24) is 10.2 Å². The van der Waals surface area contributed by atoms with Crippen molar-refractivity contribution >= 4 is 6.09 Å². The van der Waals surface area contributed by atoms with Gasteiger partial charge in [-0.15, -0.1) is 0 Å². The molecule has 22 heavy (non-hydrogen) atoms. The molecule has 2 rings (SSSR count). The molecule has 0 bridgehead atoms. The lowest BCUT2D eigenvalue weighted by Crippen LogP contribution is -2.46. The van der Waals surface area contributed by atoms with Crippen LogP contribution in [0.2, 0.25) is 0 Å². The van der Waals surface area contributed by atoms with Gasteiger partial charge in [0.25, 0.3) is 0 Å². The highest BCUT2D eigenvalue weighted by molar-refractivity contribution is 5.69.